The van der Waals surface area contributed by atoms with Crippen molar-refractivity contribution in [2.45, 2.75) is 25.2 Å². The van der Waals surface area contributed by atoms with Gasteiger partial charge in [-0.3, -0.25) is 9.59 Å². The third-order valence-electron chi connectivity index (χ3n) is 3.98. The van der Waals surface area contributed by atoms with E-state index >= 15 is 0 Å². The minimum Gasteiger partial charge on any atom is -0.481 e. The number of nitrogens with one attached hydrogen (secondary N) is 1. The number of hydrogen-bond acceptors (Lipinski definition) is 5. The van der Waals surface area contributed by atoms with E-state index in [1.807, 2.05) is 0 Å². The van der Waals surface area contributed by atoms with Crippen LogP contribution in [0, 0.1) is 11.2 Å². The number of amides is 1. The maximum absolute atomic E-state index is 14.1. The predicted molar refractivity (Wildman–Crippen MR) is 90.6 cm³/mol. The van der Waals surface area contributed by atoms with E-state index in [1.54, 1.807) is 0 Å². The van der Waals surface area contributed by atoms with Crippen molar-refractivity contribution in [1.82, 2.24) is 4.31 Å². The van der Waals surface area contributed by atoms with Crippen LogP contribution in [0.5, 0.6) is 0 Å². The number of aliphatic carboxylic acids is 1. The van der Waals surface area contributed by atoms with E-state index in [9.17, 15) is 22.4 Å². The van der Waals surface area contributed by atoms with Gasteiger partial charge in [0.05, 0.1) is 18.6 Å². The van der Waals surface area contributed by atoms with Gasteiger partial charge >= 0.3 is 5.97 Å². The number of carboxylic acids is 1. The number of benzene rings is 1. The van der Waals surface area contributed by atoms with Gasteiger partial charge < -0.3 is 15.2 Å². The number of ether oxygens (including phenoxy) is 1. The third-order valence-corrected chi connectivity index (χ3v) is 5.90. The Morgan fingerprint density at radius 2 is 1.92 bits per heavy atom. The lowest BCUT2D eigenvalue weighted by Gasteiger charge is -2.26. The highest BCUT2D eigenvalue weighted by Crippen LogP contribution is 2.25. The van der Waals surface area contributed by atoms with Gasteiger partial charge in [0.25, 0.3) is 0 Å². The van der Waals surface area contributed by atoms with Gasteiger partial charge in [0.15, 0.2) is 0 Å². The van der Waals surface area contributed by atoms with Gasteiger partial charge in [0.2, 0.25) is 15.9 Å². The molecule has 1 aliphatic rings. The van der Waals surface area contributed by atoms with Crippen LogP contribution in [0.25, 0.3) is 0 Å². The third kappa shape index (κ3) is 4.57. The molecular weight excluding hydrogens is 367 g/mol. The number of carbonyl (C=O) groups is 2. The quantitative estimate of drug-likeness (QED) is 0.759. The lowest BCUT2D eigenvalue weighted by atomic mass is 9.89. The van der Waals surface area contributed by atoms with E-state index in [-0.39, 0.29) is 38.4 Å². The van der Waals surface area contributed by atoms with E-state index in [0.717, 1.165) is 16.4 Å². The largest absolute Gasteiger partial charge is 0.481 e. The molecule has 0 radical (unpaired) electrons. The average molecular weight is 388 g/mol. The maximum Gasteiger partial charge on any atom is 0.309 e. The first-order chi connectivity index (χ1) is 12.0. The van der Waals surface area contributed by atoms with E-state index in [2.05, 4.69) is 5.32 Å². The Morgan fingerprint density at radius 3 is 2.50 bits per heavy atom. The second-order valence-corrected chi connectivity index (χ2v) is 8.48. The van der Waals surface area contributed by atoms with Gasteiger partial charge in [0, 0.05) is 25.2 Å². The zero-order valence-corrected chi connectivity index (χ0v) is 15.3. The van der Waals surface area contributed by atoms with Crippen LogP contribution in [0.1, 0.15) is 20.3 Å². The van der Waals surface area contributed by atoms with Crippen LogP contribution in [0.15, 0.2) is 23.1 Å². The van der Waals surface area contributed by atoms with Crippen molar-refractivity contribution in [3.05, 3.63) is 24.0 Å². The molecule has 1 aliphatic heterocycles. The van der Waals surface area contributed by atoms with Gasteiger partial charge in [-0.1, -0.05) is 0 Å². The Hall–Kier alpha value is -2.04. The van der Waals surface area contributed by atoms with E-state index in [1.165, 1.54) is 19.9 Å². The normalized spacial score (nSPS) is 16.3. The molecule has 1 aromatic rings. The molecule has 1 fully saturated rings. The highest BCUT2D eigenvalue weighted by atomic mass is 32.2. The summed E-state index contributed by atoms with van der Waals surface area (Å²) >= 11 is 0. The van der Waals surface area contributed by atoms with Crippen LogP contribution in [-0.4, -0.2) is 56.0 Å². The number of anilines is 1. The van der Waals surface area contributed by atoms with Crippen LogP contribution in [0.3, 0.4) is 0 Å². The summed E-state index contributed by atoms with van der Waals surface area (Å²) in [5, 5.41) is 11.5. The molecule has 0 atom stereocenters. The van der Waals surface area contributed by atoms with E-state index in [4.69, 9.17) is 9.84 Å². The molecule has 1 amide bonds. The monoisotopic (exact) mass is 388 g/mol. The zero-order chi connectivity index (χ0) is 19.5. The van der Waals surface area contributed by atoms with Crippen LogP contribution in [0.2, 0.25) is 0 Å². The summed E-state index contributed by atoms with van der Waals surface area (Å²) in [6.45, 7) is 3.47. The van der Waals surface area contributed by atoms with E-state index < -0.39 is 38.0 Å². The van der Waals surface area contributed by atoms with Crippen molar-refractivity contribution in [2.24, 2.45) is 5.41 Å². The number of morpholine rings is 1. The summed E-state index contributed by atoms with van der Waals surface area (Å²) < 4.78 is 45.5. The molecule has 0 saturated carbocycles. The molecule has 1 heterocycles. The van der Waals surface area contributed by atoms with Gasteiger partial charge in [-0.25, -0.2) is 12.8 Å². The number of rotatable bonds is 6. The number of nitrogens with zero attached hydrogens (tertiary/aromatic N) is 1. The van der Waals surface area contributed by atoms with Crippen LogP contribution in [-0.2, 0) is 24.3 Å². The van der Waals surface area contributed by atoms with Gasteiger partial charge in [-0.15, -0.1) is 0 Å². The fourth-order valence-electron chi connectivity index (χ4n) is 2.39. The van der Waals surface area contributed by atoms with Crippen LogP contribution in [0.4, 0.5) is 10.1 Å². The summed E-state index contributed by atoms with van der Waals surface area (Å²) in [6.07, 6.45) is -0.314. The summed E-state index contributed by atoms with van der Waals surface area (Å²) in [5.41, 5.74) is -1.21. The zero-order valence-electron chi connectivity index (χ0n) is 14.5. The SMILES string of the molecule is CC(C)(CC(=O)Nc1ccc(F)c(S(=O)(=O)N2CCOCC2)c1)C(=O)O. The highest BCUT2D eigenvalue weighted by Gasteiger charge is 2.31. The van der Waals surface area contributed by atoms with Crippen molar-refractivity contribution >= 4 is 27.6 Å². The molecular formula is C16H21FN2O6S. The van der Waals surface area contributed by atoms with Crippen molar-refractivity contribution in [1.29, 1.82) is 0 Å². The van der Waals surface area contributed by atoms with Crippen LogP contribution >= 0.6 is 0 Å². The Morgan fingerprint density at radius 1 is 1.31 bits per heavy atom. The molecule has 1 saturated heterocycles. The fraction of sp³-hybridized carbons (Fsp3) is 0.500. The van der Waals surface area contributed by atoms with Gasteiger partial charge in [0.1, 0.15) is 10.7 Å². The molecule has 2 N–H and O–H groups in total. The molecule has 26 heavy (non-hydrogen) atoms. The summed E-state index contributed by atoms with van der Waals surface area (Å²) in [4.78, 5) is 22.6. The minimum absolute atomic E-state index is 0.0735. The molecule has 0 unspecified atom stereocenters. The Bertz CT molecular complexity index is 803. The fourth-order valence-corrected chi connectivity index (χ4v) is 3.89. The number of carboxylic acid groups (broad SMARTS) is 1. The first-order valence-electron chi connectivity index (χ1n) is 7.95. The number of carbonyl (C=O) groups excluding carboxylic acids is 1. The lowest BCUT2D eigenvalue weighted by molar-refractivity contribution is -0.148. The van der Waals surface area contributed by atoms with Crippen LogP contribution < -0.4 is 5.32 Å². The molecule has 10 heteroatoms. The van der Waals surface area contributed by atoms with Crippen molar-refractivity contribution in [3.8, 4) is 0 Å². The summed E-state index contributed by atoms with van der Waals surface area (Å²) in [6, 6.07) is 3.20. The Labute approximate surface area is 151 Å². The Balaban J connectivity index is 2.21. The van der Waals surface area contributed by atoms with Gasteiger partial charge in [-0.2, -0.15) is 4.31 Å². The van der Waals surface area contributed by atoms with Crippen molar-refractivity contribution < 1.29 is 32.2 Å². The highest BCUT2D eigenvalue weighted by molar-refractivity contribution is 7.89. The summed E-state index contributed by atoms with van der Waals surface area (Å²) in [7, 11) is -4.07. The number of sulfonamides is 1. The standard InChI is InChI=1S/C16H21FN2O6S/c1-16(2,15(21)22)10-14(20)18-11-3-4-12(17)13(9-11)26(23,24)19-5-7-25-8-6-19/h3-4,9H,5-8,10H2,1-2H3,(H,18,20)(H,21,22). The van der Waals surface area contributed by atoms with Gasteiger partial charge in [-0.05, 0) is 32.0 Å². The molecule has 0 aromatic heterocycles. The molecule has 1 aromatic carbocycles. The first kappa shape index (κ1) is 20.3. The molecule has 0 spiro atoms. The van der Waals surface area contributed by atoms with E-state index in [0.29, 0.717) is 0 Å². The topological polar surface area (TPSA) is 113 Å². The molecule has 0 bridgehead atoms. The maximum atomic E-state index is 14.1. The smallest absolute Gasteiger partial charge is 0.309 e. The second kappa shape index (κ2) is 7.68. The average Bonchev–Trinajstić information content (AvgIpc) is 2.56. The van der Waals surface area contributed by atoms with Crippen molar-refractivity contribution in [3.63, 3.8) is 0 Å². The number of hydrogen-bond donors (Lipinski definition) is 2. The molecule has 8 nitrogen and oxygen atoms in total. The number of halogens is 1. The summed E-state index contributed by atoms with van der Waals surface area (Å²) in [5.74, 6) is -2.68. The lowest BCUT2D eigenvalue weighted by Crippen LogP contribution is -2.40. The Kier molecular flexibility index (Phi) is 5.99. The molecule has 0 aliphatic carbocycles. The molecule has 144 valence electrons. The first-order valence-corrected chi connectivity index (χ1v) is 9.39. The van der Waals surface area contributed by atoms with Crippen molar-refractivity contribution in [2.75, 3.05) is 31.6 Å². The predicted octanol–water partition coefficient (Wildman–Crippen LogP) is 1.29. The molecule has 2 rings (SSSR count). The minimum atomic E-state index is -4.07. The second-order valence-electron chi connectivity index (χ2n) is 6.58.